The third-order valence-corrected chi connectivity index (χ3v) is 8.92. The molecule has 0 unspecified atom stereocenters. The van der Waals surface area contributed by atoms with Gasteiger partial charge < -0.3 is 4.57 Å². The Morgan fingerprint density at radius 1 is 1.11 bits per heavy atom. The summed E-state index contributed by atoms with van der Waals surface area (Å²) in [5.74, 6) is -0.517. The molecule has 2 heterocycles. The average molecular weight is 523 g/mol. The normalized spacial score (nSPS) is 13.8. The Hall–Kier alpha value is -3.83. The molecule has 0 aliphatic carbocycles. The van der Waals surface area contributed by atoms with Crippen molar-refractivity contribution < 1.29 is 18.1 Å². The first kappa shape index (κ1) is 23.9. The van der Waals surface area contributed by atoms with Crippen LogP contribution in [-0.4, -0.2) is 30.4 Å². The molecule has 4 aromatic rings. The summed E-state index contributed by atoms with van der Waals surface area (Å²) in [5.41, 5.74) is 2.66. The van der Waals surface area contributed by atoms with Gasteiger partial charge in [-0.3, -0.25) is 19.2 Å². The Balaban J connectivity index is 1.46. The van der Waals surface area contributed by atoms with Crippen LogP contribution in [0.15, 0.2) is 76.6 Å². The number of benzene rings is 3. The van der Waals surface area contributed by atoms with Crippen LogP contribution in [0.2, 0.25) is 0 Å². The maximum atomic E-state index is 13.2. The van der Waals surface area contributed by atoms with E-state index in [0.29, 0.717) is 34.7 Å². The van der Waals surface area contributed by atoms with Gasteiger partial charge in [0.15, 0.2) is 4.80 Å². The van der Waals surface area contributed by atoms with Crippen LogP contribution >= 0.6 is 11.3 Å². The van der Waals surface area contributed by atoms with Crippen LogP contribution in [0.4, 0.5) is 11.4 Å². The number of sulfonamides is 1. The Morgan fingerprint density at radius 3 is 2.58 bits per heavy atom. The predicted octanol–water partition coefficient (Wildman–Crippen LogP) is 4.51. The Morgan fingerprint density at radius 2 is 1.86 bits per heavy atom. The van der Waals surface area contributed by atoms with E-state index in [1.807, 2.05) is 29.7 Å². The maximum absolute atomic E-state index is 13.2. The number of aryl methyl sites for hydroxylation is 1. The van der Waals surface area contributed by atoms with Gasteiger partial charge in [0.1, 0.15) is 0 Å². The first-order valence-corrected chi connectivity index (χ1v) is 13.6. The summed E-state index contributed by atoms with van der Waals surface area (Å²) < 4.78 is 30.4. The number of hydrogen-bond donors (Lipinski definition) is 0. The van der Waals surface area contributed by atoms with E-state index < -0.39 is 20.9 Å². The number of hydrogen-bond acceptors (Lipinski definition) is 6. The molecule has 1 aliphatic heterocycles. The number of anilines is 1. The number of carbonyl (C=O) groups is 1. The van der Waals surface area contributed by atoms with Crippen LogP contribution in [-0.2, 0) is 23.0 Å². The minimum Gasteiger partial charge on any atom is -0.316 e. The lowest BCUT2D eigenvalue weighted by Gasteiger charge is -2.19. The van der Waals surface area contributed by atoms with Crippen molar-refractivity contribution in [3.05, 3.63) is 92.8 Å². The van der Waals surface area contributed by atoms with Crippen LogP contribution in [0, 0.1) is 10.1 Å². The van der Waals surface area contributed by atoms with Crippen LogP contribution in [0.1, 0.15) is 29.3 Å². The largest absolute Gasteiger partial charge is 0.316 e. The van der Waals surface area contributed by atoms with Gasteiger partial charge in [-0.25, -0.2) is 8.42 Å². The van der Waals surface area contributed by atoms with Gasteiger partial charge in [-0.05, 0) is 54.8 Å². The fourth-order valence-corrected chi connectivity index (χ4v) is 6.90. The number of non-ortho nitro benzene ring substituents is 1. The van der Waals surface area contributed by atoms with Crippen molar-refractivity contribution in [2.75, 3.05) is 10.8 Å². The molecule has 11 heteroatoms. The summed E-state index contributed by atoms with van der Waals surface area (Å²) in [6.07, 6.45) is 1.44. The average Bonchev–Trinajstić information content (AvgIpc) is 3.46. The van der Waals surface area contributed by atoms with Crippen molar-refractivity contribution in [3.63, 3.8) is 0 Å². The first-order chi connectivity index (χ1) is 17.3. The molecule has 3 aromatic carbocycles. The molecule has 1 amide bonds. The number of rotatable bonds is 6. The smallest absolute Gasteiger partial charge is 0.279 e. The number of nitrogens with zero attached hydrogens (tertiary/aromatic N) is 4. The molecule has 0 spiro atoms. The molecule has 5 rings (SSSR count). The van der Waals surface area contributed by atoms with Crippen molar-refractivity contribution in [2.24, 2.45) is 4.99 Å². The van der Waals surface area contributed by atoms with E-state index in [-0.39, 0.29) is 16.1 Å². The molecule has 0 atom stereocenters. The third kappa shape index (κ3) is 4.20. The fraction of sp³-hybridized carbons (Fsp3) is 0.200. The Bertz CT molecular complexity index is 1670. The summed E-state index contributed by atoms with van der Waals surface area (Å²) in [6.45, 7) is 2.96. The monoisotopic (exact) mass is 522 g/mol. The van der Waals surface area contributed by atoms with E-state index in [9.17, 15) is 23.3 Å². The zero-order chi connectivity index (χ0) is 25.4. The molecule has 36 heavy (non-hydrogen) atoms. The molecule has 0 fully saturated rings. The number of carbonyl (C=O) groups excluding carboxylic acids is 1. The molecule has 0 saturated carbocycles. The quantitative estimate of drug-likeness (QED) is 0.273. The van der Waals surface area contributed by atoms with Gasteiger partial charge >= 0.3 is 0 Å². The van der Waals surface area contributed by atoms with Gasteiger partial charge in [-0.15, -0.1) is 0 Å². The highest BCUT2D eigenvalue weighted by molar-refractivity contribution is 7.92. The van der Waals surface area contributed by atoms with Gasteiger partial charge in [0.05, 0.1) is 25.7 Å². The van der Waals surface area contributed by atoms with Crippen LogP contribution in [0.5, 0.6) is 0 Å². The lowest BCUT2D eigenvalue weighted by molar-refractivity contribution is -0.384. The molecule has 1 aromatic heterocycles. The lowest BCUT2D eigenvalue weighted by Crippen LogP contribution is -2.29. The van der Waals surface area contributed by atoms with E-state index in [1.54, 1.807) is 12.1 Å². The van der Waals surface area contributed by atoms with Gasteiger partial charge in [0, 0.05) is 30.8 Å². The molecule has 1 aliphatic rings. The maximum Gasteiger partial charge on any atom is 0.279 e. The standard InChI is InChI=1S/C25H22N4O5S2/c1-2-14-27-22-12-9-19(29(31)32)16-23(22)35-25(27)26-24(30)18-7-10-20(11-8-18)36(33,34)28-15-13-17-5-3-4-6-21(17)28/h3-12,16H,2,13-15H2,1H3. The predicted molar refractivity (Wildman–Crippen MR) is 138 cm³/mol. The highest BCUT2D eigenvalue weighted by Crippen LogP contribution is 2.32. The van der Waals surface area contributed by atoms with Crippen LogP contribution in [0.3, 0.4) is 0 Å². The van der Waals surface area contributed by atoms with Crippen molar-refractivity contribution in [1.82, 2.24) is 4.57 Å². The first-order valence-electron chi connectivity index (χ1n) is 11.4. The summed E-state index contributed by atoms with van der Waals surface area (Å²) >= 11 is 1.20. The van der Waals surface area contributed by atoms with Gasteiger partial charge in [0.25, 0.3) is 21.6 Å². The molecular formula is C25H22N4O5S2. The van der Waals surface area contributed by atoms with Crippen molar-refractivity contribution in [3.8, 4) is 0 Å². The summed E-state index contributed by atoms with van der Waals surface area (Å²) in [5, 5.41) is 11.1. The molecule has 9 nitrogen and oxygen atoms in total. The molecule has 0 N–H and O–H groups in total. The number of para-hydroxylation sites is 1. The zero-order valence-electron chi connectivity index (χ0n) is 19.3. The van der Waals surface area contributed by atoms with E-state index in [1.165, 1.54) is 52.0 Å². The highest BCUT2D eigenvalue weighted by atomic mass is 32.2. The Labute approximate surface area is 211 Å². The van der Waals surface area contributed by atoms with Crippen LogP contribution in [0.25, 0.3) is 10.2 Å². The molecule has 184 valence electrons. The number of thiazole rings is 1. The van der Waals surface area contributed by atoms with Crippen molar-refractivity contribution in [2.45, 2.75) is 31.2 Å². The summed E-state index contributed by atoms with van der Waals surface area (Å²) in [4.78, 5) is 28.5. The number of nitro benzene ring substituents is 1. The summed E-state index contributed by atoms with van der Waals surface area (Å²) in [7, 11) is -3.76. The van der Waals surface area contributed by atoms with Crippen molar-refractivity contribution >= 4 is 48.9 Å². The van der Waals surface area contributed by atoms with E-state index in [0.717, 1.165) is 17.5 Å². The second-order valence-electron chi connectivity index (χ2n) is 8.34. The van der Waals surface area contributed by atoms with Crippen molar-refractivity contribution in [1.29, 1.82) is 0 Å². The number of amides is 1. The number of fused-ring (bicyclic) bond motifs is 2. The lowest BCUT2D eigenvalue weighted by atomic mass is 10.2. The molecular weight excluding hydrogens is 500 g/mol. The van der Waals surface area contributed by atoms with E-state index in [2.05, 4.69) is 4.99 Å². The van der Waals surface area contributed by atoms with Gasteiger partial charge in [-0.2, -0.15) is 4.99 Å². The number of aromatic nitrogens is 1. The topological polar surface area (TPSA) is 115 Å². The summed E-state index contributed by atoms with van der Waals surface area (Å²) in [6, 6.07) is 17.8. The van der Waals surface area contributed by atoms with Gasteiger partial charge in [0.2, 0.25) is 0 Å². The highest BCUT2D eigenvalue weighted by Gasteiger charge is 2.30. The van der Waals surface area contributed by atoms with E-state index in [4.69, 9.17) is 0 Å². The molecule has 0 radical (unpaired) electrons. The van der Waals surface area contributed by atoms with E-state index >= 15 is 0 Å². The second-order valence-corrected chi connectivity index (χ2v) is 11.2. The third-order valence-electron chi connectivity index (χ3n) is 6.06. The second kappa shape index (κ2) is 9.32. The Kier molecular flexibility index (Phi) is 6.19. The SMILES string of the molecule is CCCn1c(=NC(=O)c2ccc(S(=O)(=O)N3CCc4ccccc43)cc2)sc2cc([N+](=O)[O-])ccc21. The van der Waals surface area contributed by atoms with Gasteiger partial charge in [-0.1, -0.05) is 36.5 Å². The fourth-order valence-electron chi connectivity index (χ4n) is 4.31. The minimum absolute atomic E-state index is 0.0253. The van der Waals surface area contributed by atoms with Crippen LogP contribution < -0.4 is 9.11 Å². The zero-order valence-corrected chi connectivity index (χ0v) is 21.0. The minimum atomic E-state index is -3.76. The number of nitro groups is 1. The molecule has 0 saturated heterocycles. The molecule has 0 bridgehead atoms.